The Balaban J connectivity index is 0.000000201. The number of hydrogen-bond acceptors (Lipinski definition) is 13. The molecule has 2 saturated carbocycles. The molecule has 57 heavy (non-hydrogen) atoms. The molecule has 0 amide bonds. The molecular formula is C41H52N14S2. The van der Waals surface area contributed by atoms with Crippen molar-refractivity contribution in [1.82, 2.24) is 29.9 Å². The number of nitrogens with one attached hydrogen (secondary N) is 8. The average Bonchev–Trinajstić information content (AvgIpc) is 3.83. The van der Waals surface area contributed by atoms with Crippen molar-refractivity contribution in [2.75, 3.05) is 23.1 Å². The summed E-state index contributed by atoms with van der Waals surface area (Å²) in [6, 6.07) is 12.1. The zero-order valence-corrected chi connectivity index (χ0v) is 34.0. The minimum absolute atomic E-state index is 0.0910. The average molecular weight is 805 g/mol. The quantitative estimate of drug-likeness (QED) is 0.0357. The standard InChI is InChI=1S/C20H23N7S.C18H20N6S.C2H6.CH3N/c21-19(28-20(22)23)12-6-7-16-14(8-12)15(9-25-16)17-10-24-11-18(27-17)26-13-4-2-1-3-5-13;19-10-25-18(20)12-3-4-15-13(5-12)14(7-22-15)16-8-21-9-17(24-16)23-6-11-1-2-11;2*1-2/h6-11,13,21,25H,1-5H2,(H3,22,23)(H,26,27);3-5,7-9,11,20,22H,1-2,6,10,19H2,(H,23,24);1-2H3;2H,1H2. The molecule has 12 N–H and O–H groups in total. The number of aromatic nitrogens is 6. The van der Waals surface area contributed by atoms with Crippen LogP contribution in [-0.4, -0.2) is 70.3 Å². The lowest BCUT2D eigenvalue weighted by atomic mass is 9.95. The normalized spacial score (nSPS) is 13.6. The molecule has 0 atom stereocenters. The molecule has 4 heterocycles. The molecule has 0 unspecified atom stereocenters. The van der Waals surface area contributed by atoms with E-state index in [9.17, 15) is 0 Å². The molecule has 2 aliphatic carbocycles. The maximum Gasteiger partial charge on any atom is 0.157 e. The Bertz CT molecular complexity index is 2270. The van der Waals surface area contributed by atoms with Gasteiger partial charge >= 0.3 is 0 Å². The van der Waals surface area contributed by atoms with Crippen LogP contribution in [0.5, 0.6) is 0 Å². The van der Waals surface area contributed by atoms with Crippen LogP contribution in [0.4, 0.5) is 11.6 Å². The van der Waals surface area contributed by atoms with Crippen molar-refractivity contribution < 1.29 is 0 Å². The molecule has 2 aliphatic rings. The number of amidine groups is 1. The van der Waals surface area contributed by atoms with E-state index in [4.69, 9.17) is 43.1 Å². The zero-order valence-electron chi connectivity index (χ0n) is 32.4. The molecule has 0 spiro atoms. The van der Waals surface area contributed by atoms with Gasteiger partial charge in [0.05, 0.1) is 41.2 Å². The minimum Gasteiger partial charge on any atom is -0.378 e. The largest absolute Gasteiger partial charge is 0.378 e. The highest BCUT2D eigenvalue weighted by atomic mass is 32.2. The third kappa shape index (κ3) is 11.5. The number of thioether (sulfide) groups is 2. The Morgan fingerprint density at radius 1 is 0.772 bits per heavy atom. The lowest BCUT2D eigenvalue weighted by molar-refractivity contribution is 0.462. The monoisotopic (exact) mass is 804 g/mol. The first-order chi connectivity index (χ1) is 27.8. The Morgan fingerprint density at radius 3 is 1.86 bits per heavy atom. The van der Waals surface area contributed by atoms with Crippen molar-refractivity contribution in [3.8, 4) is 22.5 Å². The van der Waals surface area contributed by atoms with Gasteiger partial charge in [0, 0.05) is 74.9 Å². The summed E-state index contributed by atoms with van der Waals surface area (Å²) in [4.78, 5) is 24.7. The number of aromatic amines is 2. The maximum atomic E-state index is 8.13. The summed E-state index contributed by atoms with van der Waals surface area (Å²) in [5.74, 6) is 2.79. The zero-order chi connectivity index (χ0) is 40.7. The van der Waals surface area contributed by atoms with Gasteiger partial charge in [-0.2, -0.15) is 0 Å². The van der Waals surface area contributed by atoms with Gasteiger partial charge in [-0.1, -0.05) is 57.0 Å². The van der Waals surface area contributed by atoms with Crippen LogP contribution in [-0.2, 0) is 0 Å². The van der Waals surface area contributed by atoms with E-state index >= 15 is 0 Å². The van der Waals surface area contributed by atoms with Gasteiger partial charge in [-0.05, 0) is 74.3 Å². The van der Waals surface area contributed by atoms with Crippen LogP contribution in [0.15, 0.2) is 73.6 Å². The summed E-state index contributed by atoms with van der Waals surface area (Å²) in [5.41, 5.74) is 18.1. The van der Waals surface area contributed by atoms with Crippen LogP contribution in [0.2, 0.25) is 0 Å². The Kier molecular flexibility index (Phi) is 15.7. The van der Waals surface area contributed by atoms with E-state index in [1.54, 1.807) is 24.8 Å². The smallest absolute Gasteiger partial charge is 0.157 e. The second kappa shape index (κ2) is 21.1. The molecular weight excluding hydrogens is 753 g/mol. The van der Waals surface area contributed by atoms with Crippen molar-refractivity contribution in [2.45, 2.75) is 64.8 Å². The second-order valence-electron chi connectivity index (χ2n) is 13.2. The lowest BCUT2D eigenvalue weighted by Gasteiger charge is -2.23. The van der Waals surface area contributed by atoms with Gasteiger partial charge in [0.2, 0.25) is 0 Å². The number of nitrogens with zero attached hydrogens (tertiary/aromatic N) is 4. The first kappa shape index (κ1) is 42.6. The van der Waals surface area contributed by atoms with Gasteiger partial charge in [-0.25, -0.2) is 9.97 Å². The number of anilines is 2. The molecule has 14 nitrogen and oxygen atoms in total. The van der Waals surface area contributed by atoms with Gasteiger partial charge in [0.1, 0.15) is 16.7 Å². The van der Waals surface area contributed by atoms with E-state index in [2.05, 4.69) is 37.3 Å². The van der Waals surface area contributed by atoms with Crippen LogP contribution in [0, 0.1) is 27.6 Å². The summed E-state index contributed by atoms with van der Waals surface area (Å²) in [7, 11) is 0. The molecule has 8 rings (SSSR count). The number of rotatable bonds is 10. The number of benzene rings is 2. The maximum absolute atomic E-state index is 8.13. The van der Waals surface area contributed by atoms with Crippen LogP contribution < -0.4 is 22.1 Å². The molecule has 16 heteroatoms. The van der Waals surface area contributed by atoms with E-state index < -0.39 is 0 Å². The number of fused-ring (bicyclic) bond motifs is 2. The van der Waals surface area contributed by atoms with Crippen molar-refractivity contribution in [3.63, 3.8) is 0 Å². The van der Waals surface area contributed by atoms with Crippen molar-refractivity contribution in [1.29, 1.82) is 21.6 Å². The second-order valence-corrected chi connectivity index (χ2v) is 15.3. The molecule has 0 radical (unpaired) electrons. The predicted molar refractivity (Wildman–Crippen MR) is 241 cm³/mol. The van der Waals surface area contributed by atoms with Crippen molar-refractivity contribution in [2.24, 2.45) is 17.4 Å². The number of H-pyrrole nitrogens is 2. The van der Waals surface area contributed by atoms with Crippen LogP contribution in [0.3, 0.4) is 0 Å². The summed E-state index contributed by atoms with van der Waals surface area (Å²) in [6.45, 7) is 7.46. The molecule has 6 aromatic rings. The highest BCUT2D eigenvalue weighted by molar-refractivity contribution is 8.26. The predicted octanol–water partition coefficient (Wildman–Crippen LogP) is 9.04. The molecule has 298 valence electrons. The fraction of sp³-hybridized carbons (Fsp3) is 0.317. The molecule has 2 aromatic carbocycles. The summed E-state index contributed by atoms with van der Waals surface area (Å²) < 4.78 is 0. The van der Waals surface area contributed by atoms with Crippen LogP contribution >= 0.6 is 23.5 Å². The van der Waals surface area contributed by atoms with E-state index in [0.29, 0.717) is 17.0 Å². The van der Waals surface area contributed by atoms with Gasteiger partial charge in [-0.15, -0.1) is 0 Å². The summed E-state index contributed by atoms with van der Waals surface area (Å²) in [6.07, 6.45) is 19.8. The third-order valence-electron chi connectivity index (χ3n) is 9.37. The van der Waals surface area contributed by atoms with E-state index in [1.807, 2.05) is 62.6 Å². The van der Waals surface area contributed by atoms with Gasteiger partial charge in [0.15, 0.2) is 5.17 Å². The molecule has 0 bridgehead atoms. The van der Waals surface area contributed by atoms with Crippen LogP contribution in [0.1, 0.15) is 69.9 Å². The SMILES string of the molecule is C=N.CC.N=C(N)SC(=N)c1ccc2[nH]cc(-c3cncc(NC4CCCCC4)n3)c2c1.N=C(SCN)c1ccc2[nH]cc(-c3cncc(NCC4CC4)n3)c2c1. The molecule has 4 aromatic heterocycles. The summed E-state index contributed by atoms with van der Waals surface area (Å²) in [5, 5.41) is 38.6. The minimum atomic E-state index is -0.0910. The van der Waals surface area contributed by atoms with E-state index in [0.717, 1.165) is 91.3 Å². The highest BCUT2D eigenvalue weighted by Gasteiger charge is 2.21. The van der Waals surface area contributed by atoms with Gasteiger partial charge < -0.3 is 37.5 Å². The summed E-state index contributed by atoms with van der Waals surface area (Å²) >= 11 is 2.27. The lowest BCUT2D eigenvalue weighted by Crippen LogP contribution is -2.22. The third-order valence-corrected chi connectivity index (χ3v) is 10.7. The fourth-order valence-electron chi connectivity index (χ4n) is 6.46. The molecule has 0 saturated heterocycles. The van der Waals surface area contributed by atoms with E-state index in [1.165, 1.54) is 56.7 Å². The first-order valence-electron chi connectivity index (χ1n) is 19.1. The Hall–Kier alpha value is -5.58. The van der Waals surface area contributed by atoms with Gasteiger partial charge in [0.25, 0.3) is 0 Å². The van der Waals surface area contributed by atoms with Crippen molar-refractivity contribution in [3.05, 3.63) is 84.7 Å². The van der Waals surface area contributed by atoms with Crippen molar-refractivity contribution >= 4 is 78.9 Å². The highest BCUT2D eigenvalue weighted by Crippen LogP contribution is 2.32. The fourth-order valence-corrected chi connectivity index (χ4v) is 7.38. The molecule has 2 fully saturated rings. The van der Waals surface area contributed by atoms with Crippen LogP contribution in [0.25, 0.3) is 44.3 Å². The Labute approximate surface area is 341 Å². The molecule has 0 aliphatic heterocycles. The Morgan fingerprint density at radius 2 is 1.32 bits per heavy atom. The van der Waals surface area contributed by atoms with Gasteiger partial charge in [-0.3, -0.25) is 26.2 Å². The first-order valence-corrected chi connectivity index (χ1v) is 20.9. The van der Waals surface area contributed by atoms with E-state index in [-0.39, 0.29) is 10.2 Å². The topological polar surface area (TPSA) is 255 Å². The number of hydrogen-bond donors (Lipinski definition) is 10. The number of nitrogens with two attached hydrogens (primary N) is 2.